The van der Waals surface area contributed by atoms with Gasteiger partial charge in [-0.15, -0.1) is 0 Å². The van der Waals surface area contributed by atoms with Crippen molar-refractivity contribution in [3.8, 4) is 11.6 Å². The van der Waals surface area contributed by atoms with Gasteiger partial charge in [-0.1, -0.05) is 0 Å². The summed E-state index contributed by atoms with van der Waals surface area (Å²) in [6.45, 7) is 3.59. The number of halogens is 1. The summed E-state index contributed by atoms with van der Waals surface area (Å²) in [7, 11) is 0. The second kappa shape index (κ2) is 6.53. The van der Waals surface area contributed by atoms with Crippen molar-refractivity contribution in [1.29, 1.82) is 0 Å². The van der Waals surface area contributed by atoms with Crippen molar-refractivity contribution in [1.82, 2.24) is 10.3 Å². The van der Waals surface area contributed by atoms with E-state index in [1.807, 2.05) is 0 Å². The van der Waals surface area contributed by atoms with Crippen LogP contribution in [0.3, 0.4) is 0 Å². The highest BCUT2D eigenvalue weighted by Gasteiger charge is 2.21. The van der Waals surface area contributed by atoms with Crippen LogP contribution >= 0.6 is 0 Å². The van der Waals surface area contributed by atoms with Gasteiger partial charge in [0.25, 0.3) is 0 Å². The quantitative estimate of drug-likeness (QED) is 0.889. The molecule has 0 unspecified atom stereocenters. The number of carbonyl (C=O) groups is 1. The highest BCUT2D eigenvalue weighted by molar-refractivity contribution is 5.84. The summed E-state index contributed by atoms with van der Waals surface area (Å²) < 4.78 is 18.4. The third kappa shape index (κ3) is 4.53. The fraction of sp³-hybridized carbons (Fsp3) is 0.250. The molecule has 1 heterocycles. The third-order valence-electron chi connectivity index (χ3n) is 2.87. The van der Waals surface area contributed by atoms with E-state index in [1.54, 1.807) is 32.2 Å². The lowest BCUT2D eigenvalue weighted by Crippen LogP contribution is -2.48. The number of nitrogens with zero attached hydrogens (tertiary/aromatic N) is 1. The Morgan fingerprint density at radius 1 is 1.32 bits per heavy atom. The van der Waals surface area contributed by atoms with Crippen LogP contribution in [0.1, 0.15) is 19.4 Å². The minimum atomic E-state index is -0.930. The maximum absolute atomic E-state index is 12.8. The molecule has 0 radical (unpaired) electrons. The average molecular weight is 303 g/mol. The highest BCUT2D eigenvalue weighted by Crippen LogP contribution is 2.20. The first-order valence-corrected chi connectivity index (χ1v) is 6.80. The predicted octanol–water partition coefficient (Wildman–Crippen LogP) is 2.37. The molecule has 0 saturated heterocycles. The fourth-order valence-electron chi connectivity index (χ4n) is 1.65. The molecular formula is C16H18FN3O2. The Morgan fingerprint density at radius 2 is 2.00 bits per heavy atom. The minimum absolute atomic E-state index is 0.245. The summed E-state index contributed by atoms with van der Waals surface area (Å²) in [5, 5.41) is 2.74. The smallest absolute Gasteiger partial charge is 0.239 e. The summed E-state index contributed by atoms with van der Waals surface area (Å²) in [5.41, 5.74) is 5.60. The Labute approximate surface area is 128 Å². The molecule has 0 bridgehead atoms. The summed E-state index contributed by atoms with van der Waals surface area (Å²) in [6, 6.07) is 9.12. The molecule has 0 aliphatic rings. The van der Waals surface area contributed by atoms with Crippen molar-refractivity contribution in [2.75, 3.05) is 0 Å². The number of hydrogen-bond acceptors (Lipinski definition) is 4. The number of benzene rings is 1. The number of nitrogens with two attached hydrogens (primary N) is 1. The number of ether oxygens (including phenoxy) is 1. The lowest BCUT2D eigenvalue weighted by molar-refractivity contribution is -0.125. The van der Waals surface area contributed by atoms with Gasteiger partial charge in [-0.25, -0.2) is 9.37 Å². The van der Waals surface area contributed by atoms with Crippen LogP contribution in [0, 0.1) is 5.82 Å². The number of rotatable bonds is 5. The molecule has 1 amide bonds. The maximum atomic E-state index is 12.8. The first-order valence-electron chi connectivity index (χ1n) is 6.80. The molecule has 2 rings (SSSR count). The van der Waals surface area contributed by atoms with Gasteiger partial charge >= 0.3 is 0 Å². The number of carbonyl (C=O) groups excluding carboxylic acids is 1. The van der Waals surface area contributed by atoms with Crippen molar-refractivity contribution < 1.29 is 13.9 Å². The van der Waals surface area contributed by atoms with Gasteiger partial charge in [0.15, 0.2) is 0 Å². The van der Waals surface area contributed by atoms with E-state index in [0.717, 1.165) is 5.56 Å². The standard InChI is InChI=1S/C16H18FN3O2/c1-16(2,18)15(21)20-10-11-7-8-19-14(9-11)22-13-5-3-12(17)4-6-13/h3-9H,10,18H2,1-2H3,(H,20,21). The monoisotopic (exact) mass is 303 g/mol. The number of aromatic nitrogens is 1. The van der Waals surface area contributed by atoms with Crippen LogP contribution in [0.15, 0.2) is 42.6 Å². The summed E-state index contributed by atoms with van der Waals surface area (Å²) in [6.07, 6.45) is 1.58. The topological polar surface area (TPSA) is 77.2 Å². The Balaban J connectivity index is 2.01. The molecular weight excluding hydrogens is 285 g/mol. The van der Waals surface area contributed by atoms with Gasteiger partial charge in [0.05, 0.1) is 5.54 Å². The van der Waals surface area contributed by atoms with Crippen molar-refractivity contribution in [3.63, 3.8) is 0 Å². The van der Waals surface area contributed by atoms with E-state index in [2.05, 4.69) is 10.3 Å². The molecule has 1 aromatic heterocycles. The highest BCUT2D eigenvalue weighted by atomic mass is 19.1. The summed E-state index contributed by atoms with van der Waals surface area (Å²) in [4.78, 5) is 15.8. The fourth-order valence-corrected chi connectivity index (χ4v) is 1.65. The molecule has 0 fully saturated rings. The molecule has 0 aliphatic carbocycles. The van der Waals surface area contributed by atoms with E-state index in [4.69, 9.17) is 10.5 Å². The normalized spacial score (nSPS) is 11.1. The number of pyridine rings is 1. The second-order valence-corrected chi connectivity index (χ2v) is 5.46. The van der Waals surface area contributed by atoms with Crippen molar-refractivity contribution in [2.24, 2.45) is 5.73 Å². The largest absolute Gasteiger partial charge is 0.439 e. The van der Waals surface area contributed by atoms with Gasteiger partial charge in [0.2, 0.25) is 11.8 Å². The number of nitrogens with one attached hydrogen (secondary N) is 1. The van der Waals surface area contributed by atoms with Crippen molar-refractivity contribution >= 4 is 5.91 Å². The van der Waals surface area contributed by atoms with Crippen LogP contribution in [0.5, 0.6) is 11.6 Å². The van der Waals surface area contributed by atoms with E-state index >= 15 is 0 Å². The Morgan fingerprint density at radius 3 is 2.64 bits per heavy atom. The van der Waals surface area contributed by atoms with Crippen LogP contribution < -0.4 is 15.8 Å². The van der Waals surface area contributed by atoms with Gasteiger partial charge in [0, 0.05) is 18.8 Å². The summed E-state index contributed by atoms with van der Waals surface area (Å²) in [5.74, 6) is 0.273. The summed E-state index contributed by atoms with van der Waals surface area (Å²) >= 11 is 0. The molecule has 116 valence electrons. The lowest BCUT2D eigenvalue weighted by atomic mass is 10.1. The Kier molecular flexibility index (Phi) is 4.72. The zero-order valence-electron chi connectivity index (χ0n) is 12.5. The van der Waals surface area contributed by atoms with E-state index in [-0.39, 0.29) is 11.7 Å². The van der Waals surface area contributed by atoms with Gasteiger partial charge in [-0.3, -0.25) is 4.79 Å². The zero-order valence-corrected chi connectivity index (χ0v) is 12.5. The molecule has 3 N–H and O–H groups in total. The van der Waals surface area contributed by atoms with E-state index in [1.165, 1.54) is 24.3 Å². The first kappa shape index (κ1) is 15.9. The van der Waals surface area contributed by atoms with Gasteiger partial charge in [-0.05, 0) is 49.7 Å². The molecule has 2 aromatic rings. The molecule has 0 atom stereocenters. The van der Waals surface area contributed by atoms with Crippen LogP contribution in [0.4, 0.5) is 4.39 Å². The third-order valence-corrected chi connectivity index (χ3v) is 2.87. The Bertz CT molecular complexity index is 651. The number of hydrogen-bond donors (Lipinski definition) is 2. The second-order valence-electron chi connectivity index (χ2n) is 5.46. The van der Waals surface area contributed by atoms with Crippen LogP contribution in [-0.2, 0) is 11.3 Å². The molecule has 5 nitrogen and oxygen atoms in total. The predicted molar refractivity (Wildman–Crippen MR) is 80.8 cm³/mol. The van der Waals surface area contributed by atoms with E-state index in [0.29, 0.717) is 18.2 Å². The first-order chi connectivity index (χ1) is 10.3. The van der Waals surface area contributed by atoms with E-state index < -0.39 is 5.54 Å². The molecule has 1 aromatic carbocycles. The Hall–Kier alpha value is -2.47. The van der Waals surface area contributed by atoms with Crippen LogP contribution in [0.2, 0.25) is 0 Å². The molecule has 0 saturated carbocycles. The van der Waals surface area contributed by atoms with Gasteiger partial charge in [-0.2, -0.15) is 0 Å². The molecule has 0 aliphatic heterocycles. The SMILES string of the molecule is CC(C)(N)C(=O)NCc1ccnc(Oc2ccc(F)cc2)c1. The van der Waals surface area contributed by atoms with Gasteiger partial charge in [0.1, 0.15) is 11.6 Å². The lowest BCUT2D eigenvalue weighted by Gasteiger charge is -2.17. The number of amides is 1. The van der Waals surface area contributed by atoms with E-state index in [9.17, 15) is 9.18 Å². The van der Waals surface area contributed by atoms with Crippen LogP contribution in [0.25, 0.3) is 0 Å². The van der Waals surface area contributed by atoms with Crippen molar-refractivity contribution in [2.45, 2.75) is 25.9 Å². The zero-order chi connectivity index (χ0) is 16.2. The molecule has 22 heavy (non-hydrogen) atoms. The van der Waals surface area contributed by atoms with Crippen molar-refractivity contribution in [3.05, 3.63) is 54.0 Å². The molecule has 0 spiro atoms. The minimum Gasteiger partial charge on any atom is -0.439 e. The van der Waals surface area contributed by atoms with Crippen LogP contribution in [-0.4, -0.2) is 16.4 Å². The molecule has 6 heteroatoms. The maximum Gasteiger partial charge on any atom is 0.239 e. The average Bonchev–Trinajstić information content (AvgIpc) is 2.46. The van der Waals surface area contributed by atoms with Gasteiger partial charge < -0.3 is 15.8 Å².